The van der Waals surface area contributed by atoms with Crippen LogP contribution in [0.4, 0.5) is 0 Å². The second kappa shape index (κ2) is 13.7. The number of sulfone groups is 1. The van der Waals surface area contributed by atoms with E-state index >= 15 is 0 Å². The highest BCUT2D eigenvalue weighted by molar-refractivity contribution is 7.99. The Bertz CT molecular complexity index is 1280. The first-order valence-electron chi connectivity index (χ1n) is 10.7. The lowest BCUT2D eigenvalue weighted by Gasteiger charge is -2.07. The normalized spacial score (nSPS) is 14.4. The van der Waals surface area contributed by atoms with Crippen molar-refractivity contribution in [3.63, 3.8) is 0 Å². The highest BCUT2D eigenvalue weighted by Crippen LogP contribution is 2.21. The van der Waals surface area contributed by atoms with Gasteiger partial charge in [-0.15, -0.1) is 0 Å². The molecule has 6 heteroatoms. The van der Waals surface area contributed by atoms with E-state index in [1.54, 1.807) is 56.4 Å². The summed E-state index contributed by atoms with van der Waals surface area (Å²) < 4.78 is 31.3. The van der Waals surface area contributed by atoms with Crippen LogP contribution in [0.5, 0.6) is 5.75 Å². The fourth-order valence-electron chi connectivity index (χ4n) is 2.58. The van der Waals surface area contributed by atoms with Gasteiger partial charge in [0.15, 0.2) is 5.78 Å². The summed E-state index contributed by atoms with van der Waals surface area (Å²) in [6, 6.07) is 6.30. The highest BCUT2D eigenvalue weighted by Gasteiger charge is 2.17. The Kier molecular flexibility index (Phi) is 11.4. The molecular weight excluding hydrogens is 460 g/mol. The molecule has 5 nitrogen and oxygen atoms in total. The van der Waals surface area contributed by atoms with Crippen LogP contribution in [0.1, 0.15) is 38.1 Å². The van der Waals surface area contributed by atoms with Gasteiger partial charge in [0.25, 0.3) is 0 Å². The maximum absolute atomic E-state index is 12.8. The molecule has 0 saturated carbocycles. The molecule has 1 N–H and O–H groups in total. The summed E-state index contributed by atoms with van der Waals surface area (Å²) >= 11 is 0. The quantitative estimate of drug-likeness (QED) is 0.147. The predicted molar refractivity (Wildman–Crippen MR) is 144 cm³/mol. The van der Waals surface area contributed by atoms with Gasteiger partial charge in [-0.2, -0.15) is 0 Å². The molecule has 0 bridgehead atoms. The number of benzene rings is 1. The highest BCUT2D eigenvalue weighted by atomic mass is 32.2. The van der Waals surface area contributed by atoms with Gasteiger partial charge in [0.1, 0.15) is 17.3 Å². The van der Waals surface area contributed by atoms with E-state index in [4.69, 9.17) is 4.74 Å². The third kappa shape index (κ3) is 8.76. The Morgan fingerprint density at radius 3 is 2.09 bits per heavy atom. The minimum atomic E-state index is -3.72. The summed E-state index contributed by atoms with van der Waals surface area (Å²) in [5.74, 6) is 0.332. The molecule has 0 spiro atoms. The van der Waals surface area contributed by atoms with Gasteiger partial charge in [-0.25, -0.2) is 8.42 Å². The second-order valence-electron chi connectivity index (χ2n) is 7.52. The molecule has 0 fully saturated rings. The van der Waals surface area contributed by atoms with Crippen molar-refractivity contribution in [2.45, 2.75) is 27.7 Å². The fourth-order valence-corrected chi connectivity index (χ4v) is 3.67. The summed E-state index contributed by atoms with van der Waals surface area (Å²) in [4.78, 5) is 12.7. The molecule has 0 aliphatic carbocycles. The molecule has 0 saturated heterocycles. The van der Waals surface area contributed by atoms with E-state index in [1.807, 2.05) is 6.92 Å². The van der Waals surface area contributed by atoms with E-state index in [0.29, 0.717) is 17.1 Å². The Hall–Kier alpha value is -3.90. The molecule has 0 radical (unpaired) electrons. The van der Waals surface area contributed by atoms with Crippen LogP contribution in [-0.4, -0.2) is 19.3 Å². The van der Waals surface area contributed by atoms with Crippen molar-refractivity contribution >= 4 is 15.6 Å². The van der Waals surface area contributed by atoms with Crippen LogP contribution in [0.3, 0.4) is 0 Å². The maximum atomic E-state index is 12.8. The van der Waals surface area contributed by atoms with E-state index < -0.39 is 9.84 Å². The van der Waals surface area contributed by atoms with Crippen molar-refractivity contribution in [1.82, 2.24) is 0 Å². The van der Waals surface area contributed by atoms with Gasteiger partial charge in [0, 0.05) is 4.91 Å². The van der Waals surface area contributed by atoms with E-state index in [1.165, 1.54) is 43.4 Å². The molecule has 0 heterocycles. The Morgan fingerprint density at radius 2 is 1.51 bits per heavy atom. The third-order valence-corrected chi connectivity index (χ3v) is 6.71. The number of hydrogen-bond acceptors (Lipinski definition) is 5. The van der Waals surface area contributed by atoms with Crippen molar-refractivity contribution in [3.05, 3.63) is 137 Å². The SMILES string of the molecule is C=C/C(C)=C\C=C(/C)S(=O)(=O)/C(C=C)=C/C=C(\C)O/C(C=C)=C/C=C(\C)C(=O)c1ccccc1O. The Morgan fingerprint density at radius 1 is 0.857 bits per heavy atom. The van der Waals surface area contributed by atoms with E-state index in [9.17, 15) is 18.3 Å². The van der Waals surface area contributed by atoms with Crippen LogP contribution < -0.4 is 0 Å². The van der Waals surface area contributed by atoms with Crippen molar-refractivity contribution in [1.29, 1.82) is 0 Å². The molecule has 0 aliphatic heterocycles. The van der Waals surface area contributed by atoms with E-state index in [2.05, 4.69) is 19.7 Å². The molecular formula is C29H32O5S. The first-order valence-corrected chi connectivity index (χ1v) is 12.2. The number of carbonyl (C=O) groups excluding carboxylic acids is 1. The van der Waals surface area contributed by atoms with Crippen molar-refractivity contribution in [2.75, 3.05) is 0 Å². The van der Waals surface area contributed by atoms with Crippen LogP contribution in [0, 0.1) is 0 Å². The van der Waals surface area contributed by atoms with Gasteiger partial charge in [0.05, 0.1) is 10.5 Å². The van der Waals surface area contributed by atoms with Crippen LogP contribution in [-0.2, 0) is 14.6 Å². The zero-order valence-electron chi connectivity index (χ0n) is 20.6. The fraction of sp³-hybridized carbons (Fsp3) is 0.138. The molecule has 184 valence electrons. The number of Topliss-reactive ketones (excluding diaryl/α,β-unsaturated/α-hetero) is 1. The molecule has 35 heavy (non-hydrogen) atoms. The second-order valence-corrected chi connectivity index (χ2v) is 9.64. The standard InChI is InChI=1S/C29H32O5S/c1-8-21(4)15-18-24(7)35(32,33)26(10-3)20-17-23(6)34-25(9-2)19-16-22(5)29(31)27-13-11-12-14-28(27)30/h8-20,30H,1-3H2,4-7H3/b21-15-,22-16+,23-17+,24-18+,25-19+,26-20+. The average molecular weight is 493 g/mol. The third-order valence-electron chi connectivity index (χ3n) is 4.81. The molecule has 0 aliphatic rings. The number of ether oxygens (including phenoxy) is 1. The summed E-state index contributed by atoms with van der Waals surface area (Å²) in [6.45, 7) is 17.6. The van der Waals surface area contributed by atoms with E-state index in [0.717, 1.165) is 5.57 Å². The maximum Gasteiger partial charge on any atom is 0.202 e. The number of carbonyl (C=O) groups is 1. The monoisotopic (exact) mass is 492 g/mol. The summed E-state index contributed by atoms with van der Waals surface area (Å²) in [5.41, 5.74) is 1.43. The molecule has 1 aromatic carbocycles. The van der Waals surface area contributed by atoms with Crippen molar-refractivity contribution in [2.24, 2.45) is 0 Å². The van der Waals surface area contributed by atoms with Gasteiger partial charge in [-0.05, 0) is 75.8 Å². The summed E-state index contributed by atoms with van der Waals surface area (Å²) in [7, 11) is -3.72. The van der Waals surface area contributed by atoms with Crippen LogP contribution >= 0.6 is 0 Å². The lowest BCUT2D eigenvalue weighted by atomic mass is 10.0. The van der Waals surface area contributed by atoms with Gasteiger partial charge in [-0.1, -0.05) is 61.7 Å². The summed E-state index contributed by atoms with van der Waals surface area (Å²) in [5, 5.41) is 9.88. The number of phenolic OH excluding ortho intramolecular Hbond substituents is 1. The number of ketones is 1. The number of para-hydroxylation sites is 1. The van der Waals surface area contributed by atoms with Crippen LogP contribution in [0.25, 0.3) is 0 Å². The van der Waals surface area contributed by atoms with Gasteiger partial charge < -0.3 is 9.84 Å². The molecule has 1 aromatic rings. The average Bonchev–Trinajstić information content (AvgIpc) is 2.84. The lowest BCUT2D eigenvalue weighted by molar-refractivity contribution is 0.103. The van der Waals surface area contributed by atoms with Gasteiger partial charge in [0.2, 0.25) is 9.84 Å². The number of aromatic hydroxyl groups is 1. The van der Waals surface area contributed by atoms with E-state index in [-0.39, 0.29) is 26.9 Å². The topological polar surface area (TPSA) is 80.7 Å². The number of allylic oxidation sites excluding steroid dienone is 13. The zero-order valence-corrected chi connectivity index (χ0v) is 21.4. The molecule has 1 rings (SSSR count). The van der Waals surface area contributed by atoms with Gasteiger partial charge >= 0.3 is 0 Å². The number of hydrogen-bond donors (Lipinski definition) is 1. The largest absolute Gasteiger partial charge is 0.507 e. The van der Waals surface area contributed by atoms with Gasteiger partial charge in [-0.3, -0.25) is 4.79 Å². The first kappa shape index (κ1) is 29.1. The minimum Gasteiger partial charge on any atom is -0.507 e. The Labute approximate surface area is 208 Å². The van der Waals surface area contributed by atoms with Crippen LogP contribution in [0.2, 0.25) is 0 Å². The molecule has 0 atom stereocenters. The first-order chi connectivity index (χ1) is 16.5. The molecule has 0 aromatic heterocycles. The lowest BCUT2D eigenvalue weighted by Crippen LogP contribution is -2.03. The number of phenols is 1. The van der Waals surface area contributed by atoms with Crippen LogP contribution in [0.15, 0.2) is 131 Å². The Balaban J connectivity index is 3.12. The zero-order chi connectivity index (χ0) is 26.6. The predicted octanol–water partition coefficient (Wildman–Crippen LogP) is 7.03. The molecule has 0 amide bonds. The smallest absolute Gasteiger partial charge is 0.202 e. The number of rotatable bonds is 12. The minimum absolute atomic E-state index is 0.0204. The summed E-state index contributed by atoms with van der Waals surface area (Å²) in [6.07, 6.45) is 13.6. The molecule has 0 unspecified atom stereocenters. The van der Waals surface area contributed by atoms with Crippen molar-refractivity contribution < 1.29 is 23.1 Å². The van der Waals surface area contributed by atoms with Crippen molar-refractivity contribution in [3.8, 4) is 5.75 Å².